The van der Waals surface area contributed by atoms with Crippen LogP contribution in [0.1, 0.15) is 34.3 Å². The normalized spacial score (nSPS) is 22.5. The molecule has 0 N–H and O–H groups in total. The number of fused-ring (bicyclic) bond motifs is 3. The SMILES string of the molecule is CN1C(=O)C2CN(S(=O)(=O)c3ccc4ccccc4c3)C3(CCN(C(=O)c4cc(C(F)(F)F)cc(C(F)(F)F)c4)CC3)C2C1=O. The van der Waals surface area contributed by atoms with Crippen LogP contribution in [-0.4, -0.2) is 72.5 Å². The first-order valence-corrected chi connectivity index (χ1v) is 15.3. The van der Waals surface area contributed by atoms with Crippen molar-refractivity contribution in [3.05, 3.63) is 77.4 Å². The van der Waals surface area contributed by atoms with E-state index in [0.717, 1.165) is 19.5 Å². The molecule has 2 unspecified atom stereocenters. The van der Waals surface area contributed by atoms with Crippen molar-refractivity contribution in [2.75, 3.05) is 26.7 Å². The van der Waals surface area contributed by atoms with E-state index in [1.165, 1.54) is 19.2 Å². The van der Waals surface area contributed by atoms with Crippen molar-refractivity contribution in [1.29, 1.82) is 0 Å². The number of nitrogens with zero attached hydrogens (tertiary/aromatic N) is 3. The fourth-order valence-corrected chi connectivity index (χ4v) is 8.80. The summed E-state index contributed by atoms with van der Waals surface area (Å²) in [5, 5.41) is 1.42. The lowest BCUT2D eigenvalue weighted by Crippen LogP contribution is -2.59. The van der Waals surface area contributed by atoms with Gasteiger partial charge >= 0.3 is 12.4 Å². The van der Waals surface area contributed by atoms with Crippen molar-refractivity contribution in [1.82, 2.24) is 14.1 Å². The number of benzene rings is 3. The topological polar surface area (TPSA) is 95.1 Å². The Morgan fingerprint density at radius 2 is 1.40 bits per heavy atom. The van der Waals surface area contributed by atoms with Crippen LogP contribution in [0.5, 0.6) is 0 Å². The molecule has 0 aliphatic carbocycles. The van der Waals surface area contributed by atoms with Gasteiger partial charge in [-0.15, -0.1) is 0 Å². The number of carbonyl (C=O) groups excluding carboxylic acids is 3. The van der Waals surface area contributed by atoms with Crippen LogP contribution in [0.15, 0.2) is 65.6 Å². The molecule has 3 aromatic rings. The van der Waals surface area contributed by atoms with Crippen molar-refractivity contribution >= 4 is 38.5 Å². The zero-order valence-corrected chi connectivity index (χ0v) is 24.3. The van der Waals surface area contributed by atoms with Crippen LogP contribution in [0.2, 0.25) is 0 Å². The molecule has 45 heavy (non-hydrogen) atoms. The summed E-state index contributed by atoms with van der Waals surface area (Å²) in [4.78, 5) is 41.6. The smallest absolute Gasteiger partial charge is 0.339 e. The van der Waals surface area contributed by atoms with Crippen molar-refractivity contribution in [2.45, 2.75) is 35.6 Å². The summed E-state index contributed by atoms with van der Waals surface area (Å²) in [7, 11) is -3.03. The molecule has 6 rings (SSSR count). The number of rotatable bonds is 3. The van der Waals surface area contributed by atoms with Crippen molar-refractivity contribution in [3.8, 4) is 0 Å². The zero-order valence-electron chi connectivity index (χ0n) is 23.5. The van der Waals surface area contributed by atoms with Crippen LogP contribution in [0, 0.1) is 11.8 Å². The van der Waals surface area contributed by atoms with Crippen LogP contribution in [0.3, 0.4) is 0 Å². The van der Waals surface area contributed by atoms with Gasteiger partial charge in [0.15, 0.2) is 0 Å². The molecule has 238 valence electrons. The van der Waals surface area contributed by atoms with E-state index in [4.69, 9.17) is 0 Å². The highest BCUT2D eigenvalue weighted by Gasteiger charge is 2.67. The van der Waals surface area contributed by atoms with E-state index >= 15 is 0 Å². The standard InChI is InChI=1S/C30H25F6N3O5S/c1-37-26(41)23-16-39(45(43,44)22-7-6-17-4-2-3-5-18(17)14-22)28(24(23)27(37)42)8-10-38(11-9-28)25(40)19-12-20(29(31,32)33)15-21(13-19)30(34,35)36/h2-7,12-15,23-24H,8-11,16H2,1H3. The number of hydrogen-bond acceptors (Lipinski definition) is 5. The first kappa shape index (κ1) is 31.0. The molecular formula is C30H25F6N3O5S. The Kier molecular flexibility index (Phi) is 7.08. The quantitative estimate of drug-likeness (QED) is 0.300. The predicted molar refractivity (Wildman–Crippen MR) is 147 cm³/mol. The molecule has 3 aliphatic heterocycles. The Labute approximate surface area is 253 Å². The highest BCUT2D eigenvalue weighted by molar-refractivity contribution is 7.89. The van der Waals surface area contributed by atoms with Gasteiger partial charge in [0, 0.05) is 32.2 Å². The summed E-state index contributed by atoms with van der Waals surface area (Å²) >= 11 is 0. The molecule has 3 amide bonds. The molecule has 0 bridgehead atoms. The number of amides is 3. The van der Waals surface area contributed by atoms with E-state index in [-0.39, 0.29) is 43.4 Å². The third-order valence-electron chi connectivity index (χ3n) is 9.14. The van der Waals surface area contributed by atoms with Gasteiger partial charge in [0.1, 0.15) is 0 Å². The Balaban J connectivity index is 1.35. The van der Waals surface area contributed by atoms with Crippen molar-refractivity contribution in [3.63, 3.8) is 0 Å². The molecule has 8 nitrogen and oxygen atoms in total. The second kappa shape index (κ2) is 10.3. The minimum absolute atomic E-state index is 0.0732. The number of hydrogen-bond donors (Lipinski definition) is 0. The molecule has 0 saturated carbocycles. The van der Waals surface area contributed by atoms with Crippen LogP contribution >= 0.6 is 0 Å². The Morgan fingerprint density at radius 3 is 1.98 bits per heavy atom. The van der Waals surface area contributed by atoms with Gasteiger partial charge in [0.2, 0.25) is 21.8 Å². The Hall–Kier alpha value is -3.98. The van der Waals surface area contributed by atoms with E-state index in [9.17, 15) is 49.1 Å². The van der Waals surface area contributed by atoms with Crippen LogP contribution in [-0.2, 0) is 32.0 Å². The third kappa shape index (κ3) is 4.96. The highest BCUT2D eigenvalue weighted by atomic mass is 32.2. The summed E-state index contributed by atoms with van der Waals surface area (Å²) in [5.41, 5.74) is -5.57. The summed E-state index contributed by atoms with van der Waals surface area (Å²) in [5.74, 6) is -4.31. The van der Waals surface area contributed by atoms with Gasteiger partial charge in [-0.2, -0.15) is 30.6 Å². The molecule has 1 spiro atoms. The van der Waals surface area contributed by atoms with Crippen LogP contribution < -0.4 is 0 Å². The van der Waals surface area contributed by atoms with Crippen LogP contribution in [0.4, 0.5) is 26.3 Å². The Morgan fingerprint density at radius 1 is 0.822 bits per heavy atom. The maximum Gasteiger partial charge on any atom is 0.416 e. The van der Waals surface area contributed by atoms with Crippen molar-refractivity contribution in [2.24, 2.45) is 11.8 Å². The molecule has 3 heterocycles. The maximum absolute atomic E-state index is 14.2. The van der Waals surface area contributed by atoms with Crippen LogP contribution in [0.25, 0.3) is 10.8 Å². The summed E-state index contributed by atoms with van der Waals surface area (Å²) < 4.78 is 110. The first-order valence-electron chi connectivity index (χ1n) is 13.9. The predicted octanol–water partition coefficient (Wildman–Crippen LogP) is 4.79. The first-order chi connectivity index (χ1) is 20.9. The fraction of sp³-hybridized carbons (Fsp3) is 0.367. The summed E-state index contributed by atoms with van der Waals surface area (Å²) in [6.45, 7) is -0.867. The average Bonchev–Trinajstić information content (AvgIpc) is 3.43. The highest BCUT2D eigenvalue weighted by Crippen LogP contribution is 2.52. The molecule has 3 aromatic carbocycles. The molecule has 0 aromatic heterocycles. The van der Waals surface area contributed by atoms with E-state index in [1.807, 2.05) is 0 Å². The number of halogens is 6. The molecule has 3 fully saturated rings. The van der Waals surface area contributed by atoms with Gasteiger partial charge in [-0.3, -0.25) is 19.3 Å². The Bertz CT molecular complexity index is 1820. The number of sulfonamides is 1. The molecule has 15 heteroatoms. The molecule has 2 atom stereocenters. The van der Waals surface area contributed by atoms with Gasteiger partial charge in [-0.05, 0) is 53.9 Å². The summed E-state index contributed by atoms with van der Waals surface area (Å²) in [6, 6.07) is 12.2. The van der Waals surface area contributed by atoms with Gasteiger partial charge in [-0.1, -0.05) is 30.3 Å². The minimum atomic E-state index is -5.15. The minimum Gasteiger partial charge on any atom is -0.339 e. The lowest BCUT2D eigenvalue weighted by atomic mass is 9.75. The van der Waals surface area contributed by atoms with E-state index < -0.39 is 74.2 Å². The molecule has 3 saturated heterocycles. The van der Waals surface area contributed by atoms with E-state index in [2.05, 4.69) is 0 Å². The lowest BCUT2D eigenvalue weighted by molar-refractivity contribution is -0.143. The molecular weight excluding hydrogens is 628 g/mol. The fourth-order valence-electron chi connectivity index (χ4n) is 6.90. The monoisotopic (exact) mass is 653 g/mol. The number of likely N-dealkylation sites (tertiary alicyclic amines) is 2. The maximum atomic E-state index is 14.2. The zero-order chi connectivity index (χ0) is 32.7. The van der Waals surface area contributed by atoms with Gasteiger partial charge < -0.3 is 4.90 Å². The lowest BCUT2D eigenvalue weighted by Gasteiger charge is -2.46. The van der Waals surface area contributed by atoms with E-state index in [0.29, 0.717) is 17.5 Å². The second-order valence-corrected chi connectivity index (χ2v) is 13.4. The number of piperidine rings is 1. The summed E-state index contributed by atoms with van der Waals surface area (Å²) in [6.07, 6.45) is -10.7. The molecule has 3 aliphatic rings. The van der Waals surface area contributed by atoms with Gasteiger partial charge in [-0.25, -0.2) is 8.42 Å². The van der Waals surface area contributed by atoms with E-state index in [1.54, 1.807) is 30.3 Å². The number of alkyl halides is 6. The third-order valence-corrected chi connectivity index (χ3v) is 11.1. The molecule has 0 radical (unpaired) electrons. The van der Waals surface area contributed by atoms with Crippen molar-refractivity contribution < 1.29 is 49.1 Å². The second-order valence-electron chi connectivity index (χ2n) is 11.6. The average molecular weight is 654 g/mol. The van der Waals surface area contributed by atoms with Gasteiger partial charge in [0.05, 0.1) is 33.4 Å². The largest absolute Gasteiger partial charge is 0.416 e. The number of imide groups is 1. The number of carbonyl (C=O) groups is 3. The van der Waals surface area contributed by atoms with Gasteiger partial charge in [0.25, 0.3) is 5.91 Å².